The number of hydrogen-bond acceptors (Lipinski definition) is 2. The average molecular weight is 356 g/mol. The van der Waals surface area contributed by atoms with Gasteiger partial charge in [-0.2, -0.15) is 0 Å². The molecule has 2 amide bonds. The van der Waals surface area contributed by atoms with Crippen molar-refractivity contribution in [1.82, 2.24) is 10.2 Å². The molecule has 2 aliphatic carbocycles. The Morgan fingerprint density at radius 2 is 1.77 bits per heavy atom. The Labute approximate surface area is 154 Å². The molecule has 5 nitrogen and oxygen atoms in total. The van der Waals surface area contributed by atoms with Gasteiger partial charge in [0.15, 0.2) is 0 Å². The molecule has 1 saturated heterocycles. The second-order valence-electron chi connectivity index (χ2n) is 8.23. The van der Waals surface area contributed by atoms with E-state index in [1.165, 1.54) is 24.8 Å². The van der Waals surface area contributed by atoms with Gasteiger partial charge < -0.3 is 15.3 Å². The van der Waals surface area contributed by atoms with Crippen molar-refractivity contribution in [2.45, 2.75) is 68.7 Å². The molecule has 2 N–H and O–H groups in total. The van der Waals surface area contributed by atoms with Crippen LogP contribution in [-0.4, -0.2) is 41.1 Å². The number of carboxylic acids is 1. The van der Waals surface area contributed by atoms with Gasteiger partial charge in [-0.3, -0.25) is 4.79 Å². The van der Waals surface area contributed by atoms with E-state index in [0.29, 0.717) is 25.6 Å². The fourth-order valence-electron chi connectivity index (χ4n) is 5.24. The second-order valence-corrected chi connectivity index (χ2v) is 8.23. The predicted molar refractivity (Wildman–Crippen MR) is 99.3 cm³/mol. The summed E-state index contributed by atoms with van der Waals surface area (Å²) in [5, 5.41) is 12.8. The summed E-state index contributed by atoms with van der Waals surface area (Å²) in [5.74, 6) is -1.14. The van der Waals surface area contributed by atoms with E-state index in [0.717, 1.165) is 31.2 Å². The van der Waals surface area contributed by atoms with Gasteiger partial charge in [0, 0.05) is 24.5 Å². The van der Waals surface area contributed by atoms with Crippen LogP contribution in [0, 0.1) is 0 Å². The number of likely N-dealkylation sites (tertiary alicyclic amines) is 1. The largest absolute Gasteiger partial charge is 0.481 e. The highest BCUT2D eigenvalue weighted by Crippen LogP contribution is 2.51. The van der Waals surface area contributed by atoms with Crippen LogP contribution in [0.4, 0.5) is 4.79 Å². The van der Waals surface area contributed by atoms with Gasteiger partial charge >= 0.3 is 12.0 Å². The van der Waals surface area contributed by atoms with Gasteiger partial charge in [0.2, 0.25) is 0 Å². The Balaban J connectivity index is 1.43. The van der Waals surface area contributed by atoms with Crippen LogP contribution in [-0.2, 0) is 10.2 Å². The lowest BCUT2D eigenvalue weighted by atomic mass is 9.73. The topological polar surface area (TPSA) is 69.6 Å². The molecule has 3 aliphatic rings. The summed E-state index contributed by atoms with van der Waals surface area (Å²) in [6.45, 7) is 1.42. The first-order valence-corrected chi connectivity index (χ1v) is 9.97. The molecule has 1 aromatic carbocycles. The van der Waals surface area contributed by atoms with Gasteiger partial charge in [-0.15, -0.1) is 0 Å². The summed E-state index contributed by atoms with van der Waals surface area (Å²) in [7, 11) is 0. The number of rotatable bonds is 2. The zero-order valence-corrected chi connectivity index (χ0v) is 15.2. The zero-order valence-electron chi connectivity index (χ0n) is 15.2. The monoisotopic (exact) mass is 356 g/mol. The first-order valence-electron chi connectivity index (χ1n) is 9.97. The van der Waals surface area contributed by atoms with Crippen molar-refractivity contribution in [3.05, 3.63) is 35.4 Å². The lowest BCUT2D eigenvalue weighted by Gasteiger charge is -2.40. The van der Waals surface area contributed by atoms with Gasteiger partial charge in [-0.1, -0.05) is 43.5 Å². The number of carboxylic acid groups (broad SMARTS) is 1. The number of hydrogen-bond donors (Lipinski definition) is 2. The van der Waals surface area contributed by atoms with Crippen LogP contribution in [0.2, 0.25) is 0 Å². The van der Waals surface area contributed by atoms with Crippen LogP contribution in [0.3, 0.4) is 0 Å². The molecular weight excluding hydrogens is 328 g/mol. The molecule has 0 bridgehead atoms. The minimum Gasteiger partial charge on any atom is -0.481 e. The number of carbonyl (C=O) groups is 2. The third-order valence-electron chi connectivity index (χ3n) is 6.74. The van der Waals surface area contributed by atoms with E-state index in [-0.39, 0.29) is 11.4 Å². The van der Waals surface area contributed by atoms with Gasteiger partial charge in [0.1, 0.15) is 0 Å². The van der Waals surface area contributed by atoms with Gasteiger partial charge in [-0.25, -0.2) is 4.79 Å². The molecule has 0 radical (unpaired) electrons. The van der Waals surface area contributed by atoms with E-state index in [1.807, 2.05) is 23.1 Å². The van der Waals surface area contributed by atoms with Gasteiger partial charge in [-0.05, 0) is 43.2 Å². The Hall–Kier alpha value is -2.04. The number of aliphatic carboxylic acids is 1. The summed E-state index contributed by atoms with van der Waals surface area (Å²) >= 11 is 0. The second kappa shape index (κ2) is 6.93. The van der Waals surface area contributed by atoms with Crippen molar-refractivity contribution in [3.8, 4) is 0 Å². The third kappa shape index (κ3) is 3.08. The minimum absolute atomic E-state index is 0.0628. The molecule has 1 heterocycles. The maximum absolute atomic E-state index is 12.6. The Morgan fingerprint density at radius 1 is 1.08 bits per heavy atom. The average Bonchev–Trinajstić information content (AvgIpc) is 2.98. The van der Waals surface area contributed by atoms with E-state index >= 15 is 0 Å². The number of urea groups is 1. The van der Waals surface area contributed by atoms with Crippen molar-refractivity contribution < 1.29 is 14.7 Å². The first-order chi connectivity index (χ1) is 12.6. The highest BCUT2D eigenvalue weighted by molar-refractivity contribution is 5.79. The van der Waals surface area contributed by atoms with Gasteiger partial charge in [0.25, 0.3) is 0 Å². The SMILES string of the molecule is O=C(O)C1CC2(CCN(C(=O)NC3CCCCC3)CC2)c2ccccc21. The molecule has 0 aromatic heterocycles. The summed E-state index contributed by atoms with van der Waals surface area (Å²) in [6.07, 6.45) is 8.26. The number of nitrogens with zero attached hydrogens (tertiary/aromatic N) is 1. The molecule has 1 unspecified atom stereocenters. The van der Waals surface area contributed by atoms with Crippen molar-refractivity contribution in [3.63, 3.8) is 0 Å². The molecule has 2 fully saturated rings. The third-order valence-corrected chi connectivity index (χ3v) is 6.74. The maximum atomic E-state index is 12.6. The fraction of sp³-hybridized carbons (Fsp3) is 0.619. The number of piperidine rings is 1. The molecule has 1 aliphatic heterocycles. The standard InChI is InChI=1S/C21H28N2O3/c24-19(25)17-14-21(18-9-5-4-8-16(17)18)10-12-23(13-11-21)20(26)22-15-6-2-1-3-7-15/h4-5,8-9,15,17H,1-3,6-7,10-14H2,(H,22,26)(H,24,25). The predicted octanol–water partition coefficient (Wildman–Crippen LogP) is 3.63. The molecular formula is C21H28N2O3. The summed E-state index contributed by atoms with van der Waals surface area (Å²) in [5.41, 5.74) is 2.08. The molecule has 1 atom stereocenters. The van der Waals surface area contributed by atoms with Crippen LogP contribution in [0.5, 0.6) is 0 Å². The number of nitrogens with one attached hydrogen (secondary N) is 1. The molecule has 1 spiro atoms. The van der Waals surface area contributed by atoms with Crippen molar-refractivity contribution in [2.75, 3.05) is 13.1 Å². The summed E-state index contributed by atoms with van der Waals surface area (Å²) in [6, 6.07) is 8.39. The molecule has 1 aromatic rings. The molecule has 5 heteroatoms. The number of benzene rings is 1. The highest BCUT2D eigenvalue weighted by atomic mass is 16.4. The summed E-state index contributed by atoms with van der Waals surface area (Å²) in [4.78, 5) is 26.2. The lowest BCUT2D eigenvalue weighted by molar-refractivity contribution is -0.139. The van der Waals surface area contributed by atoms with E-state index in [2.05, 4.69) is 11.4 Å². The smallest absolute Gasteiger partial charge is 0.317 e. The van der Waals surface area contributed by atoms with Crippen LogP contribution in [0.1, 0.15) is 68.4 Å². The van der Waals surface area contributed by atoms with E-state index in [1.54, 1.807) is 0 Å². The quantitative estimate of drug-likeness (QED) is 0.850. The van der Waals surface area contributed by atoms with Crippen molar-refractivity contribution in [2.24, 2.45) is 0 Å². The van der Waals surface area contributed by atoms with Crippen LogP contribution in [0.25, 0.3) is 0 Å². The minimum atomic E-state index is -0.730. The summed E-state index contributed by atoms with van der Waals surface area (Å²) < 4.78 is 0. The molecule has 26 heavy (non-hydrogen) atoms. The van der Waals surface area contributed by atoms with Crippen LogP contribution < -0.4 is 5.32 Å². The Morgan fingerprint density at radius 3 is 2.46 bits per heavy atom. The Kier molecular flexibility index (Phi) is 4.63. The first kappa shape index (κ1) is 17.4. The van der Waals surface area contributed by atoms with E-state index < -0.39 is 11.9 Å². The lowest BCUT2D eigenvalue weighted by Crippen LogP contribution is -2.50. The maximum Gasteiger partial charge on any atom is 0.317 e. The zero-order chi connectivity index (χ0) is 18.1. The Bertz CT molecular complexity index is 688. The number of carbonyl (C=O) groups excluding carboxylic acids is 1. The number of fused-ring (bicyclic) bond motifs is 2. The van der Waals surface area contributed by atoms with Crippen LogP contribution in [0.15, 0.2) is 24.3 Å². The van der Waals surface area contributed by atoms with Gasteiger partial charge in [0.05, 0.1) is 5.92 Å². The van der Waals surface area contributed by atoms with Crippen LogP contribution >= 0.6 is 0 Å². The van der Waals surface area contributed by atoms with E-state index in [9.17, 15) is 14.7 Å². The fourth-order valence-corrected chi connectivity index (χ4v) is 5.24. The highest BCUT2D eigenvalue weighted by Gasteiger charge is 2.48. The molecule has 4 rings (SSSR count). The number of amides is 2. The van der Waals surface area contributed by atoms with Crippen molar-refractivity contribution in [1.29, 1.82) is 0 Å². The molecule has 140 valence electrons. The van der Waals surface area contributed by atoms with E-state index in [4.69, 9.17) is 0 Å². The molecule has 1 saturated carbocycles. The van der Waals surface area contributed by atoms with Crippen molar-refractivity contribution >= 4 is 12.0 Å². The normalized spacial score (nSPS) is 25.1.